The Bertz CT molecular complexity index is 374. The van der Waals surface area contributed by atoms with E-state index in [1.165, 1.54) is 0 Å². The molecule has 1 rings (SSSR count). The van der Waals surface area contributed by atoms with Crippen LogP contribution in [0.5, 0.6) is 0 Å². The third-order valence-corrected chi connectivity index (χ3v) is 3.43. The first-order chi connectivity index (χ1) is 8.60. The molecule has 1 unspecified atom stereocenters. The van der Waals surface area contributed by atoms with Gasteiger partial charge >= 0.3 is 0 Å². The Labute approximate surface area is 119 Å². The molecule has 0 aliphatic rings. The summed E-state index contributed by atoms with van der Waals surface area (Å²) in [7, 11) is 2.02. The summed E-state index contributed by atoms with van der Waals surface area (Å²) < 4.78 is 5.35. The number of benzene rings is 1. The van der Waals surface area contributed by atoms with Gasteiger partial charge in [-0.2, -0.15) is 0 Å². The van der Waals surface area contributed by atoms with Crippen LogP contribution in [0, 0.1) is 0 Å². The number of nitrogens with two attached hydrogens (primary N) is 1. The second-order valence-electron chi connectivity index (χ2n) is 4.09. The number of halogens is 2. The lowest BCUT2D eigenvalue weighted by Gasteiger charge is -2.28. The van der Waals surface area contributed by atoms with E-state index in [0.717, 1.165) is 18.7 Å². The van der Waals surface area contributed by atoms with Crippen molar-refractivity contribution >= 4 is 23.2 Å². The zero-order valence-corrected chi connectivity index (χ0v) is 12.3. The quantitative estimate of drug-likeness (QED) is 0.785. The van der Waals surface area contributed by atoms with Crippen LogP contribution in [0.25, 0.3) is 0 Å². The van der Waals surface area contributed by atoms with E-state index in [9.17, 15) is 0 Å². The molecule has 1 aromatic carbocycles. The number of hydrogen-bond acceptors (Lipinski definition) is 3. The Balaban J connectivity index is 2.75. The lowest BCUT2D eigenvalue weighted by atomic mass is 10.1. The molecule has 1 aromatic rings. The topological polar surface area (TPSA) is 38.5 Å². The van der Waals surface area contributed by atoms with Crippen molar-refractivity contribution in [1.82, 2.24) is 4.90 Å². The van der Waals surface area contributed by atoms with Crippen LogP contribution in [0.2, 0.25) is 10.0 Å². The van der Waals surface area contributed by atoms with Gasteiger partial charge in [-0.25, -0.2) is 0 Å². The van der Waals surface area contributed by atoms with Crippen LogP contribution < -0.4 is 5.73 Å². The third kappa shape index (κ3) is 4.41. The van der Waals surface area contributed by atoms with Crippen LogP contribution in [0.3, 0.4) is 0 Å². The zero-order chi connectivity index (χ0) is 13.5. The molecule has 0 aliphatic carbocycles. The van der Waals surface area contributed by atoms with Crippen LogP contribution in [0.15, 0.2) is 18.2 Å². The van der Waals surface area contributed by atoms with Gasteiger partial charge in [0.05, 0.1) is 6.61 Å². The Hall–Kier alpha value is -0.320. The molecule has 3 nitrogen and oxygen atoms in total. The summed E-state index contributed by atoms with van der Waals surface area (Å²) in [5, 5.41) is 1.29. The SMILES string of the molecule is CCOCCN(C)C(CN)c1ccc(Cl)cc1Cl. The zero-order valence-electron chi connectivity index (χ0n) is 10.8. The summed E-state index contributed by atoms with van der Waals surface area (Å²) in [6, 6.07) is 5.59. The van der Waals surface area contributed by atoms with Crippen molar-refractivity contribution < 1.29 is 4.74 Å². The van der Waals surface area contributed by atoms with Crippen molar-refractivity contribution in [3.8, 4) is 0 Å². The number of nitrogens with zero attached hydrogens (tertiary/aromatic N) is 1. The molecular formula is C13H20Cl2N2O. The fourth-order valence-corrected chi connectivity index (χ4v) is 2.36. The highest BCUT2D eigenvalue weighted by Crippen LogP contribution is 2.28. The van der Waals surface area contributed by atoms with E-state index in [1.807, 2.05) is 26.1 Å². The molecule has 0 saturated carbocycles. The minimum absolute atomic E-state index is 0.0789. The molecule has 2 N–H and O–H groups in total. The van der Waals surface area contributed by atoms with Gasteiger partial charge in [0.2, 0.25) is 0 Å². The summed E-state index contributed by atoms with van der Waals surface area (Å²) in [5.74, 6) is 0. The van der Waals surface area contributed by atoms with E-state index in [0.29, 0.717) is 23.2 Å². The van der Waals surface area contributed by atoms with E-state index in [4.69, 9.17) is 33.7 Å². The summed E-state index contributed by atoms with van der Waals surface area (Å²) in [6.45, 7) is 4.71. The standard InChI is InChI=1S/C13H20Cl2N2O/c1-3-18-7-6-17(2)13(9-16)11-5-4-10(14)8-12(11)15/h4-5,8,13H,3,6-7,9,16H2,1-2H3. The molecule has 0 amide bonds. The molecule has 0 heterocycles. The van der Waals surface area contributed by atoms with Gasteiger partial charge in [0.25, 0.3) is 0 Å². The van der Waals surface area contributed by atoms with Gasteiger partial charge in [-0.05, 0) is 31.7 Å². The highest BCUT2D eigenvalue weighted by molar-refractivity contribution is 6.35. The second kappa shape index (κ2) is 7.97. The maximum atomic E-state index is 6.21. The fraction of sp³-hybridized carbons (Fsp3) is 0.538. The van der Waals surface area contributed by atoms with E-state index in [-0.39, 0.29) is 6.04 Å². The molecule has 0 aliphatic heterocycles. The van der Waals surface area contributed by atoms with Gasteiger partial charge in [-0.3, -0.25) is 4.90 Å². The number of rotatable bonds is 7. The molecule has 0 bridgehead atoms. The van der Waals surface area contributed by atoms with Crippen molar-refractivity contribution in [1.29, 1.82) is 0 Å². The Morgan fingerprint density at radius 1 is 1.39 bits per heavy atom. The lowest BCUT2D eigenvalue weighted by Crippen LogP contribution is -2.33. The molecule has 0 aromatic heterocycles. The minimum Gasteiger partial charge on any atom is -0.380 e. The second-order valence-corrected chi connectivity index (χ2v) is 4.94. The van der Waals surface area contributed by atoms with Crippen molar-refractivity contribution in [3.63, 3.8) is 0 Å². The Morgan fingerprint density at radius 3 is 2.67 bits per heavy atom. The normalized spacial score (nSPS) is 13.0. The first-order valence-electron chi connectivity index (χ1n) is 6.03. The average Bonchev–Trinajstić information content (AvgIpc) is 2.33. The average molecular weight is 291 g/mol. The Morgan fingerprint density at radius 2 is 2.11 bits per heavy atom. The van der Waals surface area contributed by atoms with E-state index in [1.54, 1.807) is 6.07 Å². The smallest absolute Gasteiger partial charge is 0.0593 e. The minimum atomic E-state index is 0.0789. The third-order valence-electron chi connectivity index (χ3n) is 2.87. The first kappa shape index (κ1) is 15.7. The summed E-state index contributed by atoms with van der Waals surface area (Å²) in [6.07, 6.45) is 0. The monoisotopic (exact) mass is 290 g/mol. The fourth-order valence-electron chi connectivity index (χ4n) is 1.82. The summed E-state index contributed by atoms with van der Waals surface area (Å²) in [4.78, 5) is 2.14. The highest BCUT2D eigenvalue weighted by atomic mass is 35.5. The van der Waals surface area contributed by atoms with Gasteiger partial charge < -0.3 is 10.5 Å². The van der Waals surface area contributed by atoms with Gasteiger partial charge in [0.1, 0.15) is 0 Å². The molecule has 0 saturated heterocycles. The van der Waals surface area contributed by atoms with Crippen LogP contribution in [-0.2, 0) is 4.74 Å². The van der Waals surface area contributed by atoms with E-state index >= 15 is 0 Å². The lowest BCUT2D eigenvalue weighted by molar-refractivity contribution is 0.108. The van der Waals surface area contributed by atoms with Gasteiger partial charge in [0, 0.05) is 35.8 Å². The van der Waals surface area contributed by atoms with E-state index in [2.05, 4.69) is 4.90 Å². The van der Waals surface area contributed by atoms with Crippen LogP contribution in [0.4, 0.5) is 0 Å². The number of ether oxygens (including phenoxy) is 1. The molecule has 5 heteroatoms. The van der Waals surface area contributed by atoms with Crippen LogP contribution >= 0.6 is 23.2 Å². The number of likely N-dealkylation sites (N-methyl/N-ethyl adjacent to an activating group) is 1. The molecule has 0 fully saturated rings. The van der Waals surface area contributed by atoms with Crippen molar-refractivity contribution in [2.45, 2.75) is 13.0 Å². The maximum Gasteiger partial charge on any atom is 0.0593 e. The molecular weight excluding hydrogens is 271 g/mol. The largest absolute Gasteiger partial charge is 0.380 e. The maximum absolute atomic E-state index is 6.21. The molecule has 1 atom stereocenters. The van der Waals surface area contributed by atoms with Crippen LogP contribution in [0.1, 0.15) is 18.5 Å². The van der Waals surface area contributed by atoms with Crippen LogP contribution in [-0.4, -0.2) is 38.3 Å². The molecule has 0 spiro atoms. The summed E-state index contributed by atoms with van der Waals surface area (Å²) in [5.41, 5.74) is 6.85. The molecule has 0 radical (unpaired) electrons. The van der Waals surface area contributed by atoms with Gasteiger partial charge in [-0.15, -0.1) is 0 Å². The first-order valence-corrected chi connectivity index (χ1v) is 6.78. The van der Waals surface area contributed by atoms with Crippen molar-refractivity contribution in [2.24, 2.45) is 5.73 Å². The van der Waals surface area contributed by atoms with Crippen molar-refractivity contribution in [2.75, 3.05) is 33.4 Å². The van der Waals surface area contributed by atoms with Gasteiger partial charge in [0.15, 0.2) is 0 Å². The highest BCUT2D eigenvalue weighted by Gasteiger charge is 2.18. The van der Waals surface area contributed by atoms with Crippen molar-refractivity contribution in [3.05, 3.63) is 33.8 Å². The van der Waals surface area contributed by atoms with E-state index < -0.39 is 0 Å². The predicted molar refractivity (Wildman–Crippen MR) is 77.4 cm³/mol. The molecule has 102 valence electrons. The Kier molecular flexibility index (Phi) is 6.97. The molecule has 18 heavy (non-hydrogen) atoms. The summed E-state index contributed by atoms with van der Waals surface area (Å²) >= 11 is 12.1. The predicted octanol–water partition coefficient (Wildman–Crippen LogP) is 2.96. The number of hydrogen-bond donors (Lipinski definition) is 1. The van der Waals surface area contributed by atoms with Gasteiger partial charge in [-0.1, -0.05) is 29.3 Å².